The number of rotatable bonds is 9. The van der Waals surface area contributed by atoms with E-state index in [1.54, 1.807) is 13.4 Å². The largest absolute Gasteiger partial charge is 0.469 e. The number of piperidine rings is 1. The van der Waals surface area contributed by atoms with Gasteiger partial charge in [0.15, 0.2) is 5.96 Å². The SMILES string of the molecule is COCCN1CCC(NC(=NCC(C)C)NCCc2ccco2)CC1.I. The molecule has 2 rings (SSSR count). The Hall–Kier alpha value is -0.800. The number of nitrogens with one attached hydrogen (secondary N) is 2. The Labute approximate surface area is 175 Å². The van der Waals surface area contributed by atoms with Crippen LogP contribution >= 0.6 is 24.0 Å². The van der Waals surface area contributed by atoms with Crippen LogP contribution in [0.15, 0.2) is 27.8 Å². The van der Waals surface area contributed by atoms with Crippen LogP contribution in [0.3, 0.4) is 0 Å². The highest BCUT2D eigenvalue weighted by molar-refractivity contribution is 14.0. The molecule has 1 fully saturated rings. The summed E-state index contributed by atoms with van der Waals surface area (Å²) in [5.41, 5.74) is 0. The second kappa shape index (κ2) is 13.4. The van der Waals surface area contributed by atoms with E-state index in [2.05, 4.69) is 29.4 Å². The maximum absolute atomic E-state index is 5.39. The van der Waals surface area contributed by atoms with Gasteiger partial charge >= 0.3 is 0 Å². The Morgan fingerprint density at radius 2 is 2.15 bits per heavy atom. The molecule has 26 heavy (non-hydrogen) atoms. The van der Waals surface area contributed by atoms with Gasteiger partial charge in [-0.05, 0) is 30.9 Å². The van der Waals surface area contributed by atoms with Crippen LogP contribution < -0.4 is 10.6 Å². The molecule has 2 heterocycles. The minimum absolute atomic E-state index is 0. The van der Waals surface area contributed by atoms with E-state index in [-0.39, 0.29) is 24.0 Å². The van der Waals surface area contributed by atoms with Crippen molar-refractivity contribution in [3.8, 4) is 0 Å². The molecule has 0 bridgehead atoms. The van der Waals surface area contributed by atoms with Gasteiger partial charge in [0.2, 0.25) is 0 Å². The number of nitrogens with zero attached hydrogens (tertiary/aromatic N) is 2. The molecule has 1 aromatic heterocycles. The van der Waals surface area contributed by atoms with E-state index in [0.717, 1.165) is 70.3 Å². The Balaban J connectivity index is 0.00000338. The molecule has 0 amide bonds. The van der Waals surface area contributed by atoms with Crippen LogP contribution in [-0.4, -0.2) is 63.3 Å². The molecular weight excluding hydrogens is 443 g/mol. The van der Waals surface area contributed by atoms with Crippen LogP contribution in [0.5, 0.6) is 0 Å². The maximum atomic E-state index is 5.39. The molecule has 7 heteroatoms. The fourth-order valence-corrected chi connectivity index (χ4v) is 2.90. The predicted molar refractivity (Wildman–Crippen MR) is 117 cm³/mol. The summed E-state index contributed by atoms with van der Waals surface area (Å²) in [6.07, 6.45) is 4.87. The van der Waals surface area contributed by atoms with E-state index < -0.39 is 0 Å². The molecule has 1 aliphatic rings. The number of hydrogen-bond donors (Lipinski definition) is 2. The average molecular weight is 478 g/mol. The van der Waals surface area contributed by atoms with Crippen molar-refractivity contribution in [2.24, 2.45) is 10.9 Å². The number of guanidine groups is 1. The molecule has 0 aliphatic carbocycles. The van der Waals surface area contributed by atoms with Crippen molar-refractivity contribution in [1.29, 1.82) is 0 Å². The van der Waals surface area contributed by atoms with Crippen molar-refractivity contribution in [3.63, 3.8) is 0 Å². The fraction of sp³-hybridized carbons (Fsp3) is 0.737. The molecule has 0 unspecified atom stereocenters. The van der Waals surface area contributed by atoms with E-state index >= 15 is 0 Å². The van der Waals surface area contributed by atoms with E-state index in [1.165, 1.54) is 0 Å². The summed E-state index contributed by atoms with van der Waals surface area (Å²) >= 11 is 0. The highest BCUT2D eigenvalue weighted by Crippen LogP contribution is 2.10. The van der Waals surface area contributed by atoms with Crippen LogP contribution in [0, 0.1) is 5.92 Å². The molecule has 0 aromatic carbocycles. The monoisotopic (exact) mass is 478 g/mol. The average Bonchev–Trinajstić information content (AvgIpc) is 3.12. The van der Waals surface area contributed by atoms with Gasteiger partial charge < -0.3 is 24.7 Å². The summed E-state index contributed by atoms with van der Waals surface area (Å²) in [6, 6.07) is 4.43. The molecule has 150 valence electrons. The molecule has 1 aromatic rings. The zero-order valence-corrected chi connectivity index (χ0v) is 18.7. The minimum Gasteiger partial charge on any atom is -0.469 e. The third kappa shape index (κ3) is 9.23. The maximum Gasteiger partial charge on any atom is 0.191 e. The first-order chi connectivity index (χ1) is 12.2. The molecule has 0 atom stereocenters. The summed E-state index contributed by atoms with van der Waals surface area (Å²) in [5, 5.41) is 7.07. The third-order valence-electron chi connectivity index (χ3n) is 4.40. The molecule has 0 saturated carbocycles. The van der Waals surface area contributed by atoms with Crippen LogP contribution in [-0.2, 0) is 11.2 Å². The summed E-state index contributed by atoms with van der Waals surface area (Å²) in [6.45, 7) is 10.1. The Morgan fingerprint density at radius 1 is 1.38 bits per heavy atom. The van der Waals surface area contributed by atoms with E-state index in [4.69, 9.17) is 14.1 Å². The highest BCUT2D eigenvalue weighted by atomic mass is 127. The zero-order valence-electron chi connectivity index (χ0n) is 16.4. The zero-order chi connectivity index (χ0) is 17.9. The van der Waals surface area contributed by atoms with Gasteiger partial charge in [0, 0.05) is 52.3 Å². The van der Waals surface area contributed by atoms with Gasteiger partial charge in [-0.3, -0.25) is 4.99 Å². The molecular formula is C19H35IN4O2. The molecule has 0 radical (unpaired) electrons. The third-order valence-corrected chi connectivity index (χ3v) is 4.40. The first-order valence-corrected chi connectivity index (χ1v) is 9.46. The normalized spacial score (nSPS) is 16.5. The van der Waals surface area contributed by atoms with Crippen molar-refractivity contribution in [3.05, 3.63) is 24.2 Å². The van der Waals surface area contributed by atoms with Crippen molar-refractivity contribution in [1.82, 2.24) is 15.5 Å². The van der Waals surface area contributed by atoms with Gasteiger partial charge in [-0.25, -0.2) is 0 Å². The summed E-state index contributed by atoms with van der Waals surface area (Å²) in [4.78, 5) is 7.20. The molecule has 2 N–H and O–H groups in total. The number of aliphatic imine (C=N–C) groups is 1. The lowest BCUT2D eigenvalue weighted by molar-refractivity contribution is 0.128. The van der Waals surface area contributed by atoms with Gasteiger partial charge in [-0.1, -0.05) is 13.8 Å². The number of hydrogen-bond acceptors (Lipinski definition) is 4. The quantitative estimate of drug-likeness (QED) is 0.325. The fourth-order valence-electron chi connectivity index (χ4n) is 2.90. The van der Waals surface area contributed by atoms with E-state index in [9.17, 15) is 0 Å². The molecule has 6 nitrogen and oxygen atoms in total. The Bertz CT molecular complexity index is 486. The van der Waals surface area contributed by atoms with Crippen LogP contribution in [0.25, 0.3) is 0 Å². The smallest absolute Gasteiger partial charge is 0.191 e. The number of ether oxygens (including phenoxy) is 1. The first-order valence-electron chi connectivity index (χ1n) is 9.46. The van der Waals surface area contributed by atoms with Crippen LogP contribution in [0.1, 0.15) is 32.4 Å². The Morgan fingerprint density at radius 3 is 2.77 bits per heavy atom. The first kappa shape index (κ1) is 23.2. The van der Waals surface area contributed by atoms with Crippen molar-refractivity contribution in [2.75, 3.05) is 46.4 Å². The number of methoxy groups -OCH3 is 1. The molecule has 0 spiro atoms. The second-order valence-electron chi connectivity index (χ2n) is 7.09. The number of likely N-dealkylation sites (tertiary alicyclic amines) is 1. The van der Waals surface area contributed by atoms with E-state index in [0.29, 0.717) is 12.0 Å². The molecule has 1 aliphatic heterocycles. The lowest BCUT2D eigenvalue weighted by atomic mass is 10.1. The molecule has 1 saturated heterocycles. The van der Waals surface area contributed by atoms with Crippen molar-refractivity contribution >= 4 is 29.9 Å². The predicted octanol–water partition coefficient (Wildman–Crippen LogP) is 2.74. The lowest BCUT2D eigenvalue weighted by Gasteiger charge is -2.33. The van der Waals surface area contributed by atoms with Crippen molar-refractivity contribution in [2.45, 2.75) is 39.2 Å². The number of halogens is 1. The van der Waals surface area contributed by atoms with Gasteiger partial charge in [0.05, 0.1) is 12.9 Å². The topological polar surface area (TPSA) is 62.0 Å². The minimum atomic E-state index is 0. The summed E-state index contributed by atoms with van der Waals surface area (Å²) in [7, 11) is 1.76. The van der Waals surface area contributed by atoms with E-state index in [1.807, 2.05) is 12.1 Å². The van der Waals surface area contributed by atoms with Gasteiger partial charge in [-0.15, -0.1) is 24.0 Å². The summed E-state index contributed by atoms with van der Waals surface area (Å²) in [5.74, 6) is 2.48. The summed E-state index contributed by atoms with van der Waals surface area (Å²) < 4.78 is 10.6. The van der Waals surface area contributed by atoms with Gasteiger partial charge in [-0.2, -0.15) is 0 Å². The lowest BCUT2D eigenvalue weighted by Crippen LogP contribution is -2.49. The highest BCUT2D eigenvalue weighted by Gasteiger charge is 2.19. The standard InChI is InChI=1S/C19H34N4O2.HI/c1-16(2)15-21-19(20-9-6-18-5-4-13-25-18)22-17-7-10-23(11-8-17)12-14-24-3;/h4-5,13,16-17H,6-12,14-15H2,1-3H3,(H2,20,21,22);1H. The van der Waals surface area contributed by atoms with Crippen LogP contribution in [0.4, 0.5) is 0 Å². The van der Waals surface area contributed by atoms with Gasteiger partial charge in [0.25, 0.3) is 0 Å². The Kier molecular flexibility index (Phi) is 12.0. The number of furan rings is 1. The van der Waals surface area contributed by atoms with Crippen molar-refractivity contribution < 1.29 is 9.15 Å². The van der Waals surface area contributed by atoms with Gasteiger partial charge in [0.1, 0.15) is 5.76 Å². The van der Waals surface area contributed by atoms with Crippen LogP contribution in [0.2, 0.25) is 0 Å². The second-order valence-corrected chi connectivity index (χ2v) is 7.09.